The number of thioether (sulfide) groups is 1. The lowest BCUT2D eigenvalue weighted by Crippen LogP contribution is -2.18. The third-order valence-corrected chi connectivity index (χ3v) is 3.44. The molecule has 1 unspecified atom stereocenters. The molecule has 0 aromatic carbocycles. The molecular weight excluding hydrogens is 264 g/mol. The van der Waals surface area contributed by atoms with Crippen LogP contribution in [0.15, 0.2) is 12.3 Å². The van der Waals surface area contributed by atoms with E-state index in [4.69, 9.17) is 5.26 Å². The van der Waals surface area contributed by atoms with E-state index in [9.17, 15) is 10.1 Å². The van der Waals surface area contributed by atoms with Crippen LogP contribution in [0, 0.1) is 21.4 Å². The van der Waals surface area contributed by atoms with E-state index in [1.807, 2.05) is 24.8 Å². The molecule has 0 saturated carbocycles. The quantitative estimate of drug-likeness (QED) is 0.469. The number of hydrogen-bond acceptors (Lipinski definition) is 6. The minimum Gasteiger partial charge on any atom is -0.362 e. The lowest BCUT2D eigenvalue weighted by molar-refractivity contribution is -0.384. The summed E-state index contributed by atoms with van der Waals surface area (Å²) in [6, 6.07) is 3.23. The van der Waals surface area contributed by atoms with Crippen molar-refractivity contribution >= 4 is 23.3 Å². The monoisotopic (exact) mass is 280 g/mol. The number of hydrogen-bond donors (Lipinski definition) is 1. The molecule has 7 heteroatoms. The molecule has 0 aliphatic carbocycles. The molecule has 1 aromatic heterocycles. The van der Waals surface area contributed by atoms with Crippen molar-refractivity contribution in [1.29, 1.82) is 5.26 Å². The zero-order chi connectivity index (χ0) is 14.3. The Kier molecular flexibility index (Phi) is 6.09. The topological polar surface area (TPSA) is 91.8 Å². The van der Waals surface area contributed by atoms with Crippen molar-refractivity contribution < 1.29 is 4.92 Å². The van der Waals surface area contributed by atoms with Gasteiger partial charge in [-0.05, 0) is 30.9 Å². The van der Waals surface area contributed by atoms with Crippen molar-refractivity contribution in [2.75, 3.05) is 16.8 Å². The molecule has 1 rings (SSSR count). The van der Waals surface area contributed by atoms with Crippen molar-refractivity contribution in [1.82, 2.24) is 4.98 Å². The summed E-state index contributed by atoms with van der Waals surface area (Å²) in [6.45, 7) is 4.03. The van der Waals surface area contributed by atoms with Gasteiger partial charge < -0.3 is 5.32 Å². The Morgan fingerprint density at radius 3 is 3.00 bits per heavy atom. The SMILES string of the molecule is CCSCCC(C)Nc1nccc(C#N)c1[N+](=O)[O-]. The van der Waals surface area contributed by atoms with Gasteiger partial charge >= 0.3 is 5.69 Å². The maximum absolute atomic E-state index is 11.0. The van der Waals surface area contributed by atoms with Crippen molar-refractivity contribution in [2.24, 2.45) is 0 Å². The summed E-state index contributed by atoms with van der Waals surface area (Å²) in [4.78, 5) is 14.4. The predicted octanol–water partition coefficient (Wildman–Crippen LogP) is 2.81. The van der Waals surface area contributed by atoms with Crippen LogP contribution in [0.4, 0.5) is 11.5 Å². The van der Waals surface area contributed by atoms with Crippen molar-refractivity contribution in [3.8, 4) is 6.07 Å². The summed E-state index contributed by atoms with van der Waals surface area (Å²) in [5.41, 5.74) is -0.224. The molecule has 102 valence electrons. The molecule has 1 aromatic rings. The van der Waals surface area contributed by atoms with Crippen LogP contribution in [0.25, 0.3) is 0 Å². The molecule has 6 nitrogen and oxygen atoms in total. The highest BCUT2D eigenvalue weighted by atomic mass is 32.2. The molecule has 0 aliphatic rings. The first kappa shape index (κ1) is 15.2. The Balaban J connectivity index is 2.83. The minimum absolute atomic E-state index is 0.0256. The van der Waals surface area contributed by atoms with Gasteiger partial charge in [0.15, 0.2) is 0 Å². The molecule has 19 heavy (non-hydrogen) atoms. The molecule has 0 amide bonds. The molecule has 0 saturated heterocycles. The standard InChI is InChI=1S/C12H16N4O2S/c1-3-19-7-5-9(2)15-12-11(16(17)18)10(8-13)4-6-14-12/h4,6,9H,3,5,7H2,1-2H3,(H,14,15). The van der Waals surface area contributed by atoms with Gasteiger partial charge in [-0.3, -0.25) is 10.1 Å². The molecule has 1 N–H and O–H groups in total. The van der Waals surface area contributed by atoms with Gasteiger partial charge in [-0.2, -0.15) is 17.0 Å². The number of rotatable bonds is 7. The molecule has 1 atom stereocenters. The van der Waals surface area contributed by atoms with Gasteiger partial charge in [0.1, 0.15) is 11.6 Å². The fraction of sp³-hybridized carbons (Fsp3) is 0.500. The van der Waals surface area contributed by atoms with Crippen LogP contribution in [-0.2, 0) is 0 Å². The van der Waals surface area contributed by atoms with Gasteiger partial charge in [0.05, 0.1) is 4.92 Å². The zero-order valence-corrected chi connectivity index (χ0v) is 11.7. The van der Waals surface area contributed by atoms with E-state index in [1.165, 1.54) is 12.3 Å². The third kappa shape index (κ3) is 4.41. The molecule has 1 heterocycles. The van der Waals surface area contributed by atoms with E-state index in [-0.39, 0.29) is 23.1 Å². The van der Waals surface area contributed by atoms with E-state index in [0.717, 1.165) is 17.9 Å². The van der Waals surface area contributed by atoms with Gasteiger partial charge in [0.2, 0.25) is 5.82 Å². The Morgan fingerprint density at radius 1 is 1.68 bits per heavy atom. The van der Waals surface area contributed by atoms with Gasteiger partial charge in [0, 0.05) is 12.2 Å². The van der Waals surface area contributed by atoms with Crippen LogP contribution in [-0.4, -0.2) is 27.5 Å². The van der Waals surface area contributed by atoms with Gasteiger partial charge in [-0.1, -0.05) is 6.92 Å². The van der Waals surface area contributed by atoms with Crippen LogP contribution in [0.5, 0.6) is 0 Å². The molecule has 0 fully saturated rings. The summed E-state index contributed by atoms with van der Waals surface area (Å²) in [7, 11) is 0. The number of aromatic nitrogens is 1. The Bertz CT molecular complexity index is 487. The van der Waals surface area contributed by atoms with E-state index in [2.05, 4.69) is 17.2 Å². The average molecular weight is 280 g/mol. The van der Waals surface area contributed by atoms with Crippen LogP contribution in [0.2, 0.25) is 0 Å². The van der Waals surface area contributed by atoms with Crippen LogP contribution in [0.3, 0.4) is 0 Å². The van der Waals surface area contributed by atoms with Crippen molar-refractivity contribution in [2.45, 2.75) is 26.3 Å². The lowest BCUT2D eigenvalue weighted by atomic mass is 10.2. The van der Waals surface area contributed by atoms with Crippen molar-refractivity contribution in [3.63, 3.8) is 0 Å². The smallest absolute Gasteiger partial charge is 0.328 e. The highest BCUT2D eigenvalue weighted by Gasteiger charge is 2.21. The Morgan fingerprint density at radius 2 is 2.42 bits per heavy atom. The number of pyridine rings is 1. The van der Waals surface area contributed by atoms with Crippen LogP contribution < -0.4 is 5.32 Å². The second-order valence-corrected chi connectivity index (χ2v) is 5.35. The van der Waals surface area contributed by atoms with Crippen LogP contribution >= 0.6 is 11.8 Å². The third-order valence-electron chi connectivity index (χ3n) is 2.51. The predicted molar refractivity (Wildman–Crippen MR) is 76.3 cm³/mol. The highest BCUT2D eigenvalue weighted by Crippen LogP contribution is 2.26. The Hall–Kier alpha value is -1.81. The van der Waals surface area contributed by atoms with Crippen LogP contribution in [0.1, 0.15) is 25.8 Å². The summed E-state index contributed by atoms with van der Waals surface area (Å²) in [6.07, 6.45) is 2.29. The molecule has 0 spiro atoms. The van der Waals surface area contributed by atoms with E-state index in [0.29, 0.717) is 0 Å². The lowest BCUT2D eigenvalue weighted by Gasteiger charge is -2.14. The molecule has 0 aliphatic heterocycles. The summed E-state index contributed by atoms with van der Waals surface area (Å²) in [5, 5.41) is 22.9. The summed E-state index contributed by atoms with van der Waals surface area (Å²) in [5.74, 6) is 2.20. The van der Waals surface area contributed by atoms with E-state index < -0.39 is 4.92 Å². The molecule has 0 radical (unpaired) electrons. The summed E-state index contributed by atoms with van der Waals surface area (Å²) >= 11 is 1.82. The minimum atomic E-state index is -0.568. The normalized spacial score (nSPS) is 11.6. The number of nitriles is 1. The van der Waals surface area contributed by atoms with Crippen molar-refractivity contribution in [3.05, 3.63) is 27.9 Å². The fourth-order valence-electron chi connectivity index (χ4n) is 1.54. The van der Waals surface area contributed by atoms with E-state index >= 15 is 0 Å². The molecule has 0 bridgehead atoms. The highest BCUT2D eigenvalue weighted by molar-refractivity contribution is 7.99. The largest absolute Gasteiger partial charge is 0.362 e. The summed E-state index contributed by atoms with van der Waals surface area (Å²) < 4.78 is 0. The first-order valence-corrected chi connectivity index (χ1v) is 7.13. The molecular formula is C12H16N4O2S. The number of anilines is 1. The van der Waals surface area contributed by atoms with Gasteiger partial charge in [0.25, 0.3) is 0 Å². The Labute approximate surface area is 116 Å². The number of nitrogens with zero attached hydrogens (tertiary/aromatic N) is 3. The van der Waals surface area contributed by atoms with Gasteiger partial charge in [-0.15, -0.1) is 0 Å². The first-order chi connectivity index (χ1) is 9.10. The maximum atomic E-state index is 11.0. The average Bonchev–Trinajstić information content (AvgIpc) is 2.38. The maximum Gasteiger partial charge on any atom is 0.328 e. The number of nitrogens with one attached hydrogen (secondary N) is 1. The second kappa shape index (κ2) is 7.59. The first-order valence-electron chi connectivity index (χ1n) is 5.97. The van der Waals surface area contributed by atoms with Gasteiger partial charge in [-0.25, -0.2) is 4.98 Å². The fourth-order valence-corrected chi connectivity index (χ4v) is 2.35. The van der Waals surface area contributed by atoms with E-state index in [1.54, 1.807) is 0 Å². The second-order valence-electron chi connectivity index (χ2n) is 3.96. The zero-order valence-electron chi connectivity index (χ0n) is 10.9. The number of nitro groups is 1.